The van der Waals surface area contributed by atoms with Crippen LogP contribution in [0.15, 0.2) is 48.5 Å². The molecule has 128 valence electrons. The van der Waals surface area contributed by atoms with Crippen molar-refractivity contribution in [3.8, 4) is 16.9 Å². The summed E-state index contributed by atoms with van der Waals surface area (Å²) in [5, 5.41) is 15.6. The molecule has 7 heteroatoms. The Labute approximate surface area is 163 Å². The lowest BCUT2D eigenvalue weighted by Gasteiger charge is -2.11. The summed E-state index contributed by atoms with van der Waals surface area (Å²) in [6.45, 7) is 0. The van der Waals surface area contributed by atoms with E-state index < -0.39 is 5.97 Å². The molecule has 0 fully saturated rings. The molecule has 0 spiro atoms. The van der Waals surface area contributed by atoms with Crippen LogP contribution in [0, 0.1) is 0 Å². The number of halogens is 3. The molecule has 0 radical (unpaired) electrons. The number of hydrogen-bond acceptors (Lipinski definition) is 2. The summed E-state index contributed by atoms with van der Waals surface area (Å²) >= 11 is 15.7. The van der Waals surface area contributed by atoms with E-state index >= 15 is 0 Å². The maximum absolute atomic E-state index is 11.7. The van der Waals surface area contributed by atoms with Gasteiger partial charge in [-0.05, 0) is 30.7 Å². The number of carboxylic acid groups (broad SMARTS) is 1. The lowest BCUT2D eigenvalue weighted by Crippen LogP contribution is -2.03. The summed E-state index contributed by atoms with van der Waals surface area (Å²) in [7, 11) is 0. The van der Waals surface area contributed by atoms with Crippen LogP contribution in [0.25, 0.3) is 16.9 Å². The standard InChI is InChI=1S/C18H13BrCl2N2O2/c19-10-9-13-16(18(24)25)22-23(15-4-2-1-3-14(15)21)17(13)11-5-7-12(20)8-6-11/h1-8H,9-10H2,(H,24,25). The van der Waals surface area contributed by atoms with E-state index in [0.29, 0.717) is 38.7 Å². The molecule has 0 saturated heterocycles. The first-order valence-electron chi connectivity index (χ1n) is 7.45. The molecule has 2 aromatic carbocycles. The van der Waals surface area contributed by atoms with Crippen molar-refractivity contribution in [3.63, 3.8) is 0 Å². The average molecular weight is 440 g/mol. The third kappa shape index (κ3) is 3.59. The number of aromatic nitrogens is 2. The Balaban J connectivity index is 2.34. The molecule has 0 saturated carbocycles. The highest BCUT2D eigenvalue weighted by molar-refractivity contribution is 9.09. The van der Waals surface area contributed by atoms with Crippen molar-refractivity contribution in [2.24, 2.45) is 0 Å². The molecule has 0 aliphatic heterocycles. The monoisotopic (exact) mass is 438 g/mol. The second kappa shape index (κ2) is 7.60. The number of carbonyl (C=O) groups is 1. The SMILES string of the molecule is O=C(O)c1nn(-c2ccccc2Cl)c(-c2ccc(Cl)cc2)c1CCBr. The van der Waals surface area contributed by atoms with Gasteiger partial charge >= 0.3 is 5.97 Å². The van der Waals surface area contributed by atoms with Crippen LogP contribution >= 0.6 is 39.1 Å². The van der Waals surface area contributed by atoms with Crippen molar-refractivity contribution in [3.05, 3.63) is 69.8 Å². The predicted molar refractivity (Wildman–Crippen MR) is 103 cm³/mol. The lowest BCUT2D eigenvalue weighted by atomic mass is 10.0. The van der Waals surface area contributed by atoms with Crippen molar-refractivity contribution < 1.29 is 9.90 Å². The van der Waals surface area contributed by atoms with Crippen LogP contribution in [0.1, 0.15) is 16.1 Å². The van der Waals surface area contributed by atoms with E-state index in [1.165, 1.54) is 0 Å². The highest BCUT2D eigenvalue weighted by atomic mass is 79.9. The third-order valence-electron chi connectivity index (χ3n) is 3.73. The van der Waals surface area contributed by atoms with Gasteiger partial charge in [-0.3, -0.25) is 0 Å². The summed E-state index contributed by atoms with van der Waals surface area (Å²) < 4.78 is 1.59. The fourth-order valence-corrected chi connectivity index (χ4v) is 3.39. The molecule has 0 aliphatic rings. The molecule has 1 aromatic heterocycles. The minimum atomic E-state index is -1.07. The fraction of sp³-hybridized carbons (Fsp3) is 0.111. The zero-order valence-electron chi connectivity index (χ0n) is 12.9. The number of hydrogen-bond donors (Lipinski definition) is 1. The van der Waals surface area contributed by atoms with Gasteiger partial charge in [0.2, 0.25) is 0 Å². The third-order valence-corrected chi connectivity index (χ3v) is 4.70. The Hall–Kier alpha value is -1.82. The van der Waals surface area contributed by atoms with Gasteiger partial charge in [-0.2, -0.15) is 5.10 Å². The normalized spacial score (nSPS) is 10.8. The van der Waals surface area contributed by atoms with Crippen LogP contribution in [0.4, 0.5) is 0 Å². The second-order valence-electron chi connectivity index (χ2n) is 5.29. The first kappa shape index (κ1) is 18.0. The van der Waals surface area contributed by atoms with Gasteiger partial charge in [0.25, 0.3) is 0 Å². The second-order valence-corrected chi connectivity index (χ2v) is 6.93. The maximum Gasteiger partial charge on any atom is 0.356 e. The molecule has 3 aromatic rings. The van der Waals surface area contributed by atoms with Gasteiger partial charge in [0.05, 0.1) is 16.4 Å². The van der Waals surface area contributed by atoms with Crippen LogP contribution in [0.2, 0.25) is 10.0 Å². The fourth-order valence-electron chi connectivity index (χ4n) is 2.66. The molecule has 0 bridgehead atoms. The molecular formula is C18H13BrCl2N2O2. The summed E-state index contributed by atoms with van der Waals surface area (Å²) in [6.07, 6.45) is 0.518. The van der Waals surface area contributed by atoms with E-state index in [-0.39, 0.29) is 5.69 Å². The van der Waals surface area contributed by atoms with E-state index in [0.717, 1.165) is 5.56 Å². The quantitative estimate of drug-likeness (QED) is 0.535. The summed E-state index contributed by atoms with van der Waals surface area (Å²) in [6, 6.07) is 14.4. The molecule has 3 rings (SSSR count). The Morgan fingerprint density at radius 2 is 1.80 bits per heavy atom. The van der Waals surface area contributed by atoms with Crippen LogP contribution in [0.3, 0.4) is 0 Å². The number of rotatable bonds is 5. The van der Waals surface area contributed by atoms with Gasteiger partial charge < -0.3 is 5.11 Å². The highest BCUT2D eigenvalue weighted by Gasteiger charge is 2.24. The first-order valence-corrected chi connectivity index (χ1v) is 9.32. The van der Waals surface area contributed by atoms with E-state index in [1.54, 1.807) is 28.9 Å². The summed E-state index contributed by atoms with van der Waals surface area (Å²) in [5.74, 6) is -1.07. The number of alkyl halides is 1. The van der Waals surface area contributed by atoms with E-state index in [4.69, 9.17) is 23.2 Å². The van der Waals surface area contributed by atoms with Crippen molar-refractivity contribution in [2.75, 3.05) is 5.33 Å². The van der Waals surface area contributed by atoms with Gasteiger partial charge in [0.1, 0.15) is 0 Å². The Morgan fingerprint density at radius 3 is 2.40 bits per heavy atom. The molecule has 4 nitrogen and oxygen atoms in total. The van der Waals surface area contributed by atoms with Gasteiger partial charge in [0.15, 0.2) is 5.69 Å². The van der Waals surface area contributed by atoms with E-state index in [2.05, 4.69) is 21.0 Å². The van der Waals surface area contributed by atoms with Gasteiger partial charge in [-0.25, -0.2) is 9.48 Å². The molecule has 0 atom stereocenters. The largest absolute Gasteiger partial charge is 0.476 e. The molecule has 0 amide bonds. The average Bonchev–Trinajstić information content (AvgIpc) is 2.96. The summed E-state index contributed by atoms with van der Waals surface area (Å²) in [4.78, 5) is 11.7. The zero-order chi connectivity index (χ0) is 18.0. The van der Waals surface area contributed by atoms with Crippen molar-refractivity contribution >= 4 is 45.1 Å². The van der Waals surface area contributed by atoms with Crippen LogP contribution in [0.5, 0.6) is 0 Å². The number of aromatic carboxylic acids is 1. The van der Waals surface area contributed by atoms with E-state index in [9.17, 15) is 9.90 Å². The van der Waals surface area contributed by atoms with Gasteiger partial charge in [-0.15, -0.1) is 0 Å². The minimum absolute atomic E-state index is 0.0179. The number of carboxylic acids is 1. The van der Waals surface area contributed by atoms with Gasteiger partial charge in [-0.1, -0.05) is 63.4 Å². The Kier molecular flexibility index (Phi) is 5.47. The Bertz CT molecular complexity index is 923. The predicted octanol–water partition coefficient (Wildman–Crippen LogP) is 5.48. The molecule has 1 N–H and O–H groups in total. The van der Waals surface area contributed by atoms with Crippen LogP contribution in [-0.4, -0.2) is 26.2 Å². The zero-order valence-corrected chi connectivity index (χ0v) is 16.0. The van der Waals surface area contributed by atoms with Gasteiger partial charge in [0, 0.05) is 21.5 Å². The maximum atomic E-state index is 11.7. The van der Waals surface area contributed by atoms with Crippen LogP contribution < -0.4 is 0 Å². The van der Waals surface area contributed by atoms with Crippen LogP contribution in [-0.2, 0) is 6.42 Å². The number of para-hydroxylation sites is 1. The minimum Gasteiger partial charge on any atom is -0.476 e. The molecular weight excluding hydrogens is 427 g/mol. The van der Waals surface area contributed by atoms with Crippen molar-refractivity contribution in [1.82, 2.24) is 9.78 Å². The van der Waals surface area contributed by atoms with Crippen molar-refractivity contribution in [2.45, 2.75) is 6.42 Å². The molecule has 0 unspecified atom stereocenters. The van der Waals surface area contributed by atoms with E-state index in [1.807, 2.05) is 24.3 Å². The van der Waals surface area contributed by atoms with Crippen molar-refractivity contribution in [1.29, 1.82) is 0 Å². The topological polar surface area (TPSA) is 55.1 Å². The lowest BCUT2D eigenvalue weighted by molar-refractivity contribution is 0.0689. The smallest absolute Gasteiger partial charge is 0.356 e. The molecule has 1 heterocycles. The summed E-state index contributed by atoms with van der Waals surface area (Å²) in [5.41, 5.74) is 2.80. The first-order chi connectivity index (χ1) is 12.0. The molecule has 0 aliphatic carbocycles. The highest BCUT2D eigenvalue weighted by Crippen LogP contribution is 2.33. The molecule has 25 heavy (non-hydrogen) atoms. The Morgan fingerprint density at radius 1 is 1.12 bits per heavy atom. The number of nitrogens with zero attached hydrogens (tertiary/aromatic N) is 2. The number of benzene rings is 2.